The molecule has 0 aliphatic carbocycles. The van der Waals surface area contributed by atoms with E-state index in [0.717, 1.165) is 54.0 Å². The predicted octanol–water partition coefficient (Wildman–Crippen LogP) is 1.86. The van der Waals surface area contributed by atoms with Crippen LogP contribution in [-0.4, -0.2) is 45.9 Å². The van der Waals surface area contributed by atoms with Crippen molar-refractivity contribution in [2.45, 2.75) is 6.42 Å². The first kappa shape index (κ1) is 13.9. The maximum atomic E-state index is 4.59. The van der Waals surface area contributed by atoms with Crippen molar-refractivity contribution in [3.8, 4) is 5.69 Å². The van der Waals surface area contributed by atoms with Crippen molar-refractivity contribution in [2.24, 2.45) is 11.8 Å². The van der Waals surface area contributed by atoms with Gasteiger partial charge in [0.25, 0.3) is 0 Å². The van der Waals surface area contributed by atoms with Crippen molar-refractivity contribution >= 4 is 16.9 Å². The molecule has 0 amide bonds. The minimum absolute atomic E-state index is 0.730. The first-order valence-corrected chi connectivity index (χ1v) is 8.60. The van der Waals surface area contributed by atoms with E-state index in [2.05, 4.69) is 25.3 Å². The second kappa shape index (κ2) is 5.56. The molecule has 24 heavy (non-hydrogen) atoms. The van der Waals surface area contributed by atoms with Crippen LogP contribution in [0.4, 0.5) is 5.82 Å². The zero-order chi connectivity index (χ0) is 15.9. The van der Waals surface area contributed by atoms with Crippen LogP contribution in [0.1, 0.15) is 6.42 Å². The molecule has 0 radical (unpaired) electrons. The summed E-state index contributed by atoms with van der Waals surface area (Å²) in [5.41, 5.74) is 1.90. The van der Waals surface area contributed by atoms with Gasteiger partial charge in [0, 0.05) is 13.1 Å². The highest BCUT2D eigenvalue weighted by Gasteiger charge is 2.33. The maximum absolute atomic E-state index is 4.59. The SMILES string of the molecule is c1ccc(-n2ncc3c(N4CCC5CNCC5C4)ncnc32)cc1. The molecule has 2 saturated heterocycles. The van der Waals surface area contributed by atoms with Crippen LogP contribution in [0.2, 0.25) is 0 Å². The summed E-state index contributed by atoms with van der Waals surface area (Å²) in [5.74, 6) is 2.58. The number of anilines is 1. The molecule has 3 aromatic rings. The monoisotopic (exact) mass is 320 g/mol. The van der Waals surface area contributed by atoms with Gasteiger partial charge in [-0.2, -0.15) is 5.10 Å². The zero-order valence-corrected chi connectivity index (χ0v) is 13.5. The predicted molar refractivity (Wildman–Crippen MR) is 93.3 cm³/mol. The highest BCUT2D eigenvalue weighted by atomic mass is 15.3. The van der Waals surface area contributed by atoms with E-state index in [1.165, 1.54) is 13.0 Å². The van der Waals surface area contributed by atoms with E-state index in [1.54, 1.807) is 6.33 Å². The minimum atomic E-state index is 0.730. The molecule has 1 aromatic carbocycles. The van der Waals surface area contributed by atoms with Crippen molar-refractivity contribution < 1.29 is 0 Å². The Morgan fingerprint density at radius 3 is 2.83 bits per heavy atom. The first-order valence-electron chi connectivity index (χ1n) is 8.60. The number of hydrogen-bond donors (Lipinski definition) is 1. The molecule has 2 aromatic heterocycles. The molecule has 2 aliphatic rings. The Balaban J connectivity index is 1.54. The quantitative estimate of drug-likeness (QED) is 0.781. The van der Waals surface area contributed by atoms with Crippen LogP contribution in [0, 0.1) is 11.8 Å². The van der Waals surface area contributed by atoms with Crippen molar-refractivity contribution in [3.63, 3.8) is 0 Å². The van der Waals surface area contributed by atoms with Gasteiger partial charge < -0.3 is 10.2 Å². The Kier molecular flexibility index (Phi) is 3.23. The molecule has 5 rings (SSSR count). The molecule has 4 heterocycles. The molecule has 2 aliphatic heterocycles. The number of piperidine rings is 1. The smallest absolute Gasteiger partial charge is 0.168 e. The maximum Gasteiger partial charge on any atom is 0.168 e. The van der Waals surface area contributed by atoms with Gasteiger partial charge in [-0.15, -0.1) is 0 Å². The van der Waals surface area contributed by atoms with Crippen LogP contribution in [-0.2, 0) is 0 Å². The summed E-state index contributed by atoms with van der Waals surface area (Å²) in [5, 5.41) is 9.12. The molecule has 6 nitrogen and oxygen atoms in total. The van der Waals surface area contributed by atoms with Gasteiger partial charge in [-0.05, 0) is 43.5 Å². The minimum Gasteiger partial charge on any atom is -0.356 e. The lowest BCUT2D eigenvalue weighted by Crippen LogP contribution is -2.40. The normalized spacial score (nSPS) is 23.6. The number of aromatic nitrogens is 4. The molecular formula is C18H20N6. The molecule has 122 valence electrons. The molecule has 1 N–H and O–H groups in total. The van der Waals surface area contributed by atoms with Gasteiger partial charge in [0.2, 0.25) is 0 Å². The summed E-state index contributed by atoms with van der Waals surface area (Å²) in [7, 11) is 0. The lowest BCUT2D eigenvalue weighted by Gasteiger charge is -2.35. The zero-order valence-electron chi connectivity index (χ0n) is 13.5. The molecule has 2 fully saturated rings. The largest absolute Gasteiger partial charge is 0.356 e. The topological polar surface area (TPSA) is 58.9 Å². The number of benzene rings is 1. The summed E-state index contributed by atoms with van der Waals surface area (Å²) in [6, 6.07) is 10.1. The third-order valence-corrected chi connectivity index (χ3v) is 5.35. The number of nitrogens with zero attached hydrogens (tertiary/aromatic N) is 5. The summed E-state index contributed by atoms with van der Waals surface area (Å²) in [6.07, 6.45) is 4.80. The van der Waals surface area contributed by atoms with Crippen molar-refractivity contribution in [1.82, 2.24) is 25.1 Å². The van der Waals surface area contributed by atoms with Gasteiger partial charge in [0.05, 0.1) is 17.3 Å². The second-order valence-electron chi connectivity index (χ2n) is 6.74. The molecule has 0 saturated carbocycles. The summed E-state index contributed by atoms with van der Waals surface area (Å²) < 4.78 is 1.89. The van der Waals surface area contributed by atoms with Gasteiger partial charge in [0.15, 0.2) is 5.65 Å². The standard InChI is InChI=1S/C18H20N6/c1-2-4-15(5-3-1)24-18-16(10-22-24)17(20-12-21-18)23-7-6-13-8-19-9-14(13)11-23/h1-5,10,12-14,19H,6-9,11H2. The average molecular weight is 320 g/mol. The Labute approximate surface area is 140 Å². The van der Waals surface area contributed by atoms with Crippen LogP contribution in [0.5, 0.6) is 0 Å². The van der Waals surface area contributed by atoms with E-state index in [1.807, 2.05) is 41.2 Å². The Morgan fingerprint density at radius 1 is 1.04 bits per heavy atom. The van der Waals surface area contributed by atoms with Gasteiger partial charge in [0.1, 0.15) is 12.1 Å². The number of para-hydroxylation sites is 1. The van der Waals surface area contributed by atoms with Crippen LogP contribution in [0.15, 0.2) is 42.9 Å². The average Bonchev–Trinajstić information content (AvgIpc) is 3.28. The van der Waals surface area contributed by atoms with Gasteiger partial charge in [-0.1, -0.05) is 18.2 Å². The number of nitrogens with one attached hydrogen (secondary N) is 1. The lowest BCUT2D eigenvalue weighted by atomic mass is 9.88. The molecular weight excluding hydrogens is 300 g/mol. The van der Waals surface area contributed by atoms with E-state index in [-0.39, 0.29) is 0 Å². The van der Waals surface area contributed by atoms with Crippen molar-refractivity contribution in [2.75, 3.05) is 31.1 Å². The van der Waals surface area contributed by atoms with E-state index >= 15 is 0 Å². The Hall–Kier alpha value is -2.47. The molecule has 0 bridgehead atoms. The van der Waals surface area contributed by atoms with Crippen LogP contribution >= 0.6 is 0 Å². The number of hydrogen-bond acceptors (Lipinski definition) is 5. The summed E-state index contributed by atoms with van der Waals surface area (Å²) >= 11 is 0. The fourth-order valence-electron chi connectivity index (χ4n) is 4.07. The lowest BCUT2D eigenvalue weighted by molar-refractivity contribution is 0.348. The fourth-order valence-corrected chi connectivity index (χ4v) is 4.07. The van der Waals surface area contributed by atoms with Gasteiger partial charge >= 0.3 is 0 Å². The van der Waals surface area contributed by atoms with Gasteiger partial charge in [-0.25, -0.2) is 14.6 Å². The van der Waals surface area contributed by atoms with Crippen LogP contribution in [0.25, 0.3) is 16.7 Å². The van der Waals surface area contributed by atoms with Crippen molar-refractivity contribution in [1.29, 1.82) is 0 Å². The summed E-state index contributed by atoms with van der Waals surface area (Å²) in [4.78, 5) is 11.5. The van der Waals surface area contributed by atoms with E-state index in [0.29, 0.717) is 0 Å². The Morgan fingerprint density at radius 2 is 1.92 bits per heavy atom. The Bertz CT molecular complexity index is 858. The van der Waals surface area contributed by atoms with E-state index < -0.39 is 0 Å². The summed E-state index contributed by atoms with van der Waals surface area (Å²) in [6.45, 7) is 4.42. The van der Waals surface area contributed by atoms with E-state index in [4.69, 9.17) is 0 Å². The molecule has 0 spiro atoms. The third kappa shape index (κ3) is 2.17. The highest BCUT2D eigenvalue weighted by Crippen LogP contribution is 2.32. The second-order valence-corrected chi connectivity index (χ2v) is 6.74. The first-order chi connectivity index (χ1) is 11.9. The van der Waals surface area contributed by atoms with Crippen LogP contribution < -0.4 is 10.2 Å². The van der Waals surface area contributed by atoms with Crippen LogP contribution in [0.3, 0.4) is 0 Å². The highest BCUT2D eigenvalue weighted by molar-refractivity contribution is 5.87. The number of fused-ring (bicyclic) bond motifs is 2. The van der Waals surface area contributed by atoms with E-state index in [9.17, 15) is 0 Å². The third-order valence-electron chi connectivity index (χ3n) is 5.35. The van der Waals surface area contributed by atoms with Crippen molar-refractivity contribution in [3.05, 3.63) is 42.9 Å². The van der Waals surface area contributed by atoms with Gasteiger partial charge in [-0.3, -0.25) is 0 Å². The fraction of sp³-hybridized carbons (Fsp3) is 0.389. The molecule has 6 heteroatoms. The molecule has 2 unspecified atom stereocenters. The number of rotatable bonds is 2. The molecule has 2 atom stereocenters.